The molecule has 3 heterocycles. The number of halogens is 4. The van der Waals surface area contributed by atoms with Crippen LogP contribution in [0.1, 0.15) is 55.2 Å². The van der Waals surface area contributed by atoms with Gasteiger partial charge in [-0.2, -0.15) is 18.3 Å². The van der Waals surface area contributed by atoms with Gasteiger partial charge in [0.15, 0.2) is 5.69 Å². The van der Waals surface area contributed by atoms with E-state index in [0.29, 0.717) is 49.8 Å². The third-order valence-electron chi connectivity index (χ3n) is 8.10. The van der Waals surface area contributed by atoms with E-state index < -0.39 is 29.4 Å². The maximum absolute atomic E-state index is 13.9. The van der Waals surface area contributed by atoms with Gasteiger partial charge in [-0.1, -0.05) is 43.6 Å². The van der Waals surface area contributed by atoms with Crippen molar-refractivity contribution in [3.63, 3.8) is 0 Å². The van der Waals surface area contributed by atoms with E-state index in [1.54, 1.807) is 6.07 Å². The van der Waals surface area contributed by atoms with Crippen LogP contribution in [0, 0.1) is 5.92 Å². The lowest BCUT2D eigenvalue weighted by Crippen LogP contribution is -2.49. The van der Waals surface area contributed by atoms with Crippen LogP contribution in [0.15, 0.2) is 48.7 Å². The predicted octanol–water partition coefficient (Wildman–Crippen LogP) is 6.46. The van der Waals surface area contributed by atoms with Crippen molar-refractivity contribution in [1.29, 1.82) is 0 Å². The fourth-order valence-corrected chi connectivity index (χ4v) is 6.17. The quantitative estimate of drug-likeness (QED) is 0.328. The second-order valence-corrected chi connectivity index (χ2v) is 12.0. The van der Waals surface area contributed by atoms with Crippen molar-refractivity contribution in [3.05, 3.63) is 64.9 Å². The van der Waals surface area contributed by atoms with E-state index in [2.05, 4.69) is 10.00 Å². The van der Waals surface area contributed by atoms with Gasteiger partial charge in [-0.25, -0.2) is 4.79 Å². The van der Waals surface area contributed by atoms with Crippen molar-refractivity contribution in [3.8, 4) is 11.1 Å². The molecule has 2 saturated heterocycles. The van der Waals surface area contributed by atoms with Gasteiger partial charge in [-0.05, 0) is 48.6 Å². The maximum Gasteiger partial charge on any atom is 0.433 e. The van der Waals surface area contributed by atoms with Crippen molar-refractivity contribution < 1.29 is 27.9 Å². The first kappa shape index (κ1) is 30.7. The summed E-state index contributed by atoms with van der Waals surface area (Å²) in [6.07, 6.45) is -2.49. The molecule has 230 valence electrons. The molecule has 5 rings (SSSR count). The summed E-state index contributed by atoms with van der Waals surface area (Å²) in [4.78, 5) is 30.1. The predicted molar refractivity (Wildman–Crippen MR) is 160 cm³/mol. The van der Waals surface area contributed by atoms with Crippen LogP contribution in [-0.2, 0) is 11.0 Å². The Labute approximate surface area is 253 Å². The Morgan fingerprint density at radius 2 is 1.72 bits per heavy atom. The van der Waals surface area contributed by atoms with Crippen LogP contribution < -0.4 is 9.80 Å². The summed E-state index contributed by atoms with van der Waals surface area (Å²) in [5.41, 5.74) is 1.59. The van der Waals surface area contributed by atoms with Gasteiger partial charge in [0.05, 0.1) is 12.2 Å². The molecule has 12 heteroatoms. The first-order valence-electron chi connectivity index (χ1n) is 14.5. The standard InChI is InChI=1S/C31H35ClF3N5O3/c1-20(2)16-28(41)38-14-12-37(13-15-38)23-8-5-21(6-9-23)25-10-7-22(32)17-27(25)39-11-3-4-24(19-39)40-29(31(33,34)35)26(18-36-40)30(42)43/h5-10,17-18,20,24H,3-4,11-16,19H2,1-2H3,(H,42,43). The van der Waals surface area contributed by atoms with Crippen LogP contribution in [0.2, 0.25) is 5.02 Å². The Kier molecular flexibility index (Phi) is 8.91. The molecule has 0 saturated carbocycles. The Bertz CT molecular complexity index is 1470. The van der Waals surface area contributed by atoms with Gasteiger partial charge in [-0.15, -0.1) is 0 Å². The molecule has 0 radical (unpaired) electrons. The number of benzene rings is 2. The Balaban J connectivity index is 1.35. The van der Waals surface area contributed by atoms with E-state index in [1.165, 1.54) is 0 Å². The highest BCUT2D eigenvalue weighted by Gasteiger charge is 2.42. The zero-order valence-corrected chi connectivity index (χ0v) is 24.9. The Hall–Kier alpha value is -3.73. The van der Waals surface area contributed by atoms with Gasteiger partial charge in [-0.3, -0.25) is 9.48 Å². The van der Waals surface area contributed by atoms with Crippen LogP contribution >= 0.6 is 11.6 Å². The van der Waals surface area contributed by atoms with Crippen molar-refractivity contribution in [2.75, 3.05) is 49.1 Å². The number of nitrogens with zero attached hydrogens (tertiary/aromatic N) is 5. The van der Waals surface area contributed by atoms with Gasteiger partial charge >= 0.3 is 12.1 Å². The van der Waals surface area contributed by atoms with E-state index in [-0.39, 0.29) is 12.5 Å². The highest BCUT2D eigenvalue weighted by molar-refractivity contribution is 6.31. The number of piperidine rings is 1. The van der Waals surface area contributed by atoms with Gasteiger partial charge in [0, 0.05) is 67.7 Å². The van der Waals surface area contributed by atoms with Gasteiger partial charge < -0.3 is 19.8 Å². The van der Waals surface area contributed by atoms with Crippen molar-refractivity contribution in [2.24, 2.45) is 5.92 Å². The zero-order chi connectivity index (χ0) is 30.9. The number of carbonyl (C=O) groups excluding carboxylic acids is 1. The largest absolute Gasteiger partial charge is 0.478 e. The molecule has 0 spiro atoms. The lowest BCUT2D eigenvalue weighted by molar-refractivity contribution is -0.145. The number of piperazine rings is 1. The number of aromatic nitrogens is 2. The number of carboxylic acid groups (broad SMARTS) is 1. The Morgan fingerprint density at radius 1 is 1.02 bits per heavy atom. The Morgan fingerprint density at radius 3 is 2.35 bits per heavy atom. The average molecular weight is 618 g/mol. The minimum atomic E-state index is -4.86. The molecule has 8 nitrogen and oxygen atoms in total. The summed E-state index contributed by atoms with van der Waals surface area (Å²) in [6, 6.07) is 13.0. The topological polar surface area (TPSA) is 81.9 Å². The fraction of sp³-hybridized carbons (Fsp3) is 0.452. The molecule has 43 heavy (non-hydrogen) atoms. The number of aromatic carboxylic acids is 1. The smallest absolute Gasteiger partial charge is 0.433 e. The number of anilines is 2. The van der Waals surface area contributed by atoms with E-state index in [4.69, 9.17) is 11.6 Å². The highest BCUT2D eigenvalue weighted by atomic mass is 35.5. The molecule has 2 aliphatic heterocycles. The average Bonchev–Trinajstić information content (AvgIpc) is 3.44. The molecule has 1 aromatic heterocycles. The summed E-state index contributed by atoms with van der Waals surface area (Å²) in [5.74, 6) is -1.13. The molecule has 0 aliphatic carbocycles. The lowest BCUT2D eigenvalue weighted by Gasteiger charge is -2.37. The van der Waals surface area contributed by atoms with Crippen LogP contribution in [-0.4, -0.2) is 70.9 Å². The number of hydrogen-bond acceptors (Lipinski definition) is 5. The summed E-state index contributed by atoms with van der Waals surface area (Å²) < 4.78 is 42.5. The molecule has 2 aliphatic rings. The lowest BCUT2D eigenvalue weighted by atomic mass is 9.99. The van der Waals surface area contributed by atoms with Crippen LogP contribution in [0.3, 0.4) is 0 Å². The van der Waals surface area contributed by atoms with E-state index >= 15 is 0 Å². The molecule has 0 bridgehead atoms. The summed E-state index contributed by atoms with van der Waals surface area (Å²) in [7, 11) is 0. The fourth-order valence-electron chi connectivity index (χ4n) is 6.01. The summed E-state index contributed by atoms with van der Waals surface area (Å²) in [6.45, 7) is 7.79. The molecular weight excluding hydrogens is 583 g/mol. The third-order valence-corrected chi connectivity index (χ3v) is 8.33. The number of amides is 1. The maximum atomic E-state index is 13.9. The second kappa shape index (κ2) is 12.5. The minimum absolute atomic E-state index is 0.199. The third kappa shape index (κ3) is 6.76. The molecule has 1 unspecified atom stereocenters. The van der Waals surface area contributed by atoms with Crippen LogP contribution in [0.25, 0.3) is 11.1 Å². The van der Waals surface area contributed by atoms with Gasteiger partial charge in [0.25, 0.3) is 0 Å². The monoisotopic (exact) mass is 617 g/mol. The second-order valence-electron chi connectivity index (χ2n) is 11.6. The number of rotatable bonds is 7. The van der Waals surface area contributed by atoms with Crippen molar-refractivity contribution in [1.82, 2.24) is 14.7 Å². The molecule has 1 amide bonds. The normalized spacial score (nSPS) is 17.9. The summed E-state index contributed by atoms with van der Waals surface area (Å²) in [5, 5.41) is 13.7. The van der Waals surface area contributed by atoms with E-state index in [1.807, 2.05) is 60.0 Å². The van der Waals surface area contributed by atoms with Crippen LogP contribution in [0.5, 0.6) is 0 Å². The van der Waals surface area contributed by atoms with Crippen molar-refractivity contribution >= 4 is 34.9 Å². The summed E-state index contributed by atoms with van der Waals surface area (Å²) >= 11 is 6.40. The van der Waals surface area contributed by atoms with E-state index in [0.717, 1.165) is 46.5 Å². The van der Waals surface area contributed by atoms with Crippen LogP contribution in [0.4, 0.5) is 24.5 Å². The zero-order valence-electron chi connectivity index (χ0n) is 24.1. The van der Waals surface area contributed by atoms with Gasteiger partial charge in [0.1, 0.15) is 5.56 Å². The molecule has 1 N–H and O–H groups in total. The number of hydrogen-bond donors (Lipinski definition) is 1. The molecule has 2 aromatic carbocycles. The molecule has 2 fully saturated rings. The number of carboxylic acids is 1. The molecule has 1 atom stereocenters. The first-order valence-corrected chi connectivity index (χ1v) is 14.9. The van der Waals surface area contributed by atoms with E-state index in [9.17, 15) is 27.9 Å². The highest BCUT2D eigenvalue weighted by Crippen LogP contribution is 2.39. The molecular formula is C31H35ClF3N5O3. The number of alkyl halides is 3. The molecule has 3 aromatic rings. The van der Waals surface area contributed by atoms with Crippen molar-refractivity contribution in [2.45, 2.75) is 45.3 Å². The number of carbonyl (C=O) groups is 2. The van der Waals surface area contributed by atoms with Gasteiger partial charge in [0.2, 0.25) is 5.91 Å². The SMILES string of the molecule is CC(C)CC(=O)N1CCN(c2ccc(-c3ccc(Cl)cc3N3CCCC(n4ncc(C(=O)O)c4C(F)(F)F)C3)cc2)CC1. The minimum Gasteiger partial charge on any atom is -0.478 e. The first-order chi connectivity index (χ1) is 20.4.